The average molecular weight is 190 g/mol. The van der Waals surface area contributed by atoms with Crippen LogP contribution in [-0.4, -0.2) is 18.4 Å². The van der Waals surface area contributed by atoms with Crippen LogP contribution in [0, 0.1) is 0 Å². The fraction of sp³-hybridized carbons (Fsp3) is 0.667. The second kappa shape index (κ2) is 3.11. The molecule has 0 saturated carbocycles. The number of carbonyl (C=O) groups is 1. The Labute approximate surface area is 64.1 Å². The van der Waals surface area contributed by atoms with Crippen molar-refractivity contribution in [1.29, 1.82) is 0 Å². The largest absolute Gasteiger partial charge is 0.387 e. The standard InChI is InChI=1S/C3H6F4N4O/c4-2(5,8)10-1(12)11-3(6,7)9/h8-9H2,(H2,10,11,12). The van der Waals surface area contributed by atoms with Gasteiger partial charge in [-0.2, -0.15) is 17.6 Å². The van der Waals surface area contributed by atoms with Gasteiger partial charge in [-0.3, -0.25) is 22.1 Å². The van der Waals surface area contributed by atoms with Crippen LogP contribution in [0.15, 0.2) is 0 Å². The van der Waals surface area contributed by atoms with E-state index in [0.717, 1.165) is 0 Å². The fourth-order valence-corrected chi connectivity index (χ4v) is 0.334. The molecule has 6 N–H and O–H groups in total. The van der Waals surface area contributed by atoms with Crippen LogP contribution in [0.4, 0.5) is 22.4 Å². The van der Waals surface area contributed by atoms with Crippen molar-refractivity contribution in [1.82, 2.24) is 10.6 Å². The maximum Gasteiger partial charge on any atom is 0.387 e. The van der Waals surface area contributed by atoms with Gasteiger partial charge in [-0.05, 0) is 0 Å². The molecule has 0 aromatic carbocycles. The van der Waals surface area contributed by atoms with Gasteiger partial charge in [0.2, 0.25) is 0 Å². The average Bonchev–Trinajstić information content (AvgIpc) is 1.49. The first-order chi connectivity index (χ1) is 5.10. The van der Waals surface area contributed by atoms with Crippen molar-refractivity contribution in [2.24, 2.45) is 11.5 Å². The smallest absolute Gasteiger partial charge is 0.265 e. The van der Waals surface area contributed by atoms with Crippen LogP contribution in [0.2, 0.25) is 0 Å². The van der Waals surface area contributed by atoms with Gasteiger partial charge in [-0.15, -0.1) is 0 Å². The third kappa shape index (κ3) is 7.02. The zero-order valence-electron chi connectivity index (χ0n) is 5.57. The van der Waals surface area contributed by atoms with Crippen molar-refractivity contribution in [3.05, 3.63) is 0 Å². The molecular formula is C3H6F4N4O. The van der Waals surface area contributed by atoms with Crippen molar-refractivity contribution < 1.29 is 22.4 Å². The molecule has 0 aliphatic rings. The highest BCUT2D eigenvalue weighted by Gasteiger charge is 2.30. The number of rotatable bonds is 2. The molecule has 0 fully saturated rings. The summed E-state index contributed by atoms with van der Waals surface area (Å²) in [6.45, 7) is 0. The van der Waals surface area contributed by atoms with E-state index in [2.05, 4.69) is 11.5 Å². The van der Waals surface area contributed by atoms with Crippen LogP contribution in [0.3, 0.4) is 0 Å². The highest BCUT2D eigenvalue weighted by Crippen LogP contribution is 2.00. The Balaban J connectivity index is 3.92. The van der Waals surface area contributed by atoms with E-state index < -0.39 is 18.4 Å². The maximum atomic E-state index is 11.7. The number of hydrogen-bond donors (Lipinski definition) is 4. The van der Waals surface area contributed by atoms with Gasteiger partial charge in [0.05, 0.1) is 0 Å². The van der Waals surface area contributed by atoms with Gasteiger partial charge in [-0.25, -0.2) is 4.79 Å². The minimum atomic E-state index is -4.06. The maximum absolute atomic E-state index is 11.7. The Bertz CT molecular complexity index is 154. The fourth-order valence-electron chi connectivity index (χ4n) is 0.334. The van der Waals surface area contributed by atoms with Crippen LogP contribution in [0.25, 0.3) is 0 Å². The Morgan fingerprint density at radius 2 is 1.25 bits per heavy atom. The summed E-state index contributed by atoms with van der Waals surface area (Å²) in [5.41, 5.74) is 7.93. The Morgan fingerprint density at radius 3 is 1.42 bits per heavy atom. The van der Waals surface area contributed by atoms with E-state index in [1.165, 1.54) is 0 Å². The van der Waals surface area contributed by atoms with Crippen LogP contribution < -0.4 is 22.1 Å². The summed E-state index contributed by atoms with van der Waals surface area (Å²) in [5, 5.41) is 1.42. The van der Waals surface area contributed by atoms with Crippen molar-refractivity contribution in [2.75, 3.05) is 0 Å². The number of nitrogens with two attached hydrogens (primary N) is 2. The predicted octanol–water partition coefficient (Wildman–Crippen LogP) is -0.696. The zero-order chi connectivity index (χ0) is 9.99. The van der Waals surface area contributed by atoms with E-state index in [9.17, 15) is 22.4 Å². The second-order valence-electron chi connectivity index (χ2n) is 1.83. The number of halogens is 4. The molecule has 0 heterocycles. The molecule has 0 aliphatic carbocycles. The summed E-state index contributed by atoms with van der Waals surface area (Å²) in [6, 6.07) is -1.87. The minimum absolute atomic E-state index is 0.710. The molecule has 0 saturated heterocycles. The first-order valence-corrected chi connectivity index (χ1v) is 2.54. The molecule has 2 amide bonds. The van der Waals surface area contributed by atoms with Crippen LogP contribution in [0.1, 0.15) is 0 Å². The molecule has 0 spiro atoms. The molecule has 0 atom stereocenters. The topological polar surface area (TPSA) is 93.2 Å². The van der Waals surface area contributed by atoms with Gasteiger partial charge in [0.1, 0.15) is 0 Å². The van der Waals surface area contributed by atoms with E-state index in [4.69, 9.17) is 0 Å². The first-order valence-electron chi connectivity index (χ1n) is 2.54. The summed E-state index contributed by atoms with van der Waals surface area (Å²) in [7, 11) is 0. The zero-order valence-corrected chi connectivity index (χ0v) is 5.57. The quantitative estimate of drug-likeness (QED) is 0.263. The summed E-state index contributed by atoms with van der Waals surface area (Å²) in [6.07, 6.45) is -8.12. The lowest BCUT2D eigenvalue weighted by Gasteiger charge is -2.15. The van der Waals surface area contributed by atoms with Gasteiger partial charge < -0.3 is 0 Å². The van der Waals surface area contributed by atoms with Crippen molar-refractivity contribution in [2.45, 2.75) is 12.3 Å². The third-order valence-electron chi connectivity index (χ3n) is 0.560. The Morgan fingerprint density at radius 1 is 1.00 bits per heavy atom. The lowest BCUT2D eigenvalue weighted by Crippen LogP contribution is -2.58. The molecule has 0 rings (SSSR count). The summed E-state index contributed by atoms with van der Waals surface area (Å²) in [5.74, 6) is 0. The second-order valence-corrected chi connectivity index (χ2v) is 1.83. The Kier molecular flexibility index (Phi) is 2.83. The molecule has 12 heavy (non-hydrogen) atoms. The van der Waals surface area contributed by atoms with Crippen molar-refractivity contribution in [3.8, 4) is 0 Å². The van der Waals surface area contributed by atoms with Gasteiger partial charge >= 0.3 is 18.4 Å². The number of hydrogen-bond acceptors (Lipinski definition) is 3. The summed E-state index contributed by atoms with van der Waals surface area (Å²) < 4.78 is 46.7. The highest BCUT2D eigenvalue weighted by atomic mass is 19.3. The van der Waals surface area contributed by atoms with Crippen LogP contribution >= 0.6 is 0 Å². The third-order valence-corrected chi connectivity index (χ3v) is 0.560. The van der Waals surface area contributed by atoms with Crippen LogP contribution in [0.5, 0.6) is 0 Å². The van der Waals surface area contributed by atoms with Gasteiger partial charge in [0, 0.05) is 0 Å². The van der Waals surface area contributed by atoms with Crippen molar-refractivity contribution >= 4 is 6.03 Å². The molecular weight excluding hydrogens is 184 g/mol. The molecule has 5 nitrogen and oxygen atoms in total. The monoisotopic (exact) mass is 190 g/mol. The Hall–Kier alpha value is -1.09. The van der Waals surface area contributed by atoms with E-state index in [1.807, 2.05) is 0 Å². The molecule has 0 radical (unpaired) electrons. The number of urea groups is 1. The molecule has 0 aliphatic heterocycles. The predicted molar refractivity (Wildman–Crippen MR) is 29.9 cm³/mol. The van der Waals surface area contributed by atoms with E-state index >= 15 is 0 Å². The number of amides is 2. The minimum Gasteiger partial charge on any atom is -0.265 e. The molecule has 0 aromatic heterocycles. The molecule has 0 unspecified atom stereocenters. The molecule has 72 valence electrons. The molecule has 0 aromatic rings. The first kappa shape index (κ1) is 10.9. The molecule has 9 heteroatoms. The number of alkyl halides is 4. The van der Waals surface area contributed by atoms with E-state index in [-0.39, 0.29) is 0 Å². The van der Waals surface area contributed by atoms with E-state index in [1.54, 1.807) is 0 Å². The lowest BCUT2D eigenvalue weighted by molar-refractivity contribution is -0.0353. The number of carbonyl (C=O) groups excluding carboxylic acids is 1. The van der Waals surface area contributed by atoms with Gasteiger partial charge in [0.15, 0.2) is 0 Å². The van der Waals surface area contributed by atoms with Crippen molar-refractivity contribution in [3.63, 3.8) is 0 Å². The molecule has 0 bridgehead atoms. The van der Waals surface area contributed by atoms with Crippen LogP contribution in [-0.2, 0) is 0 Å². The summed E-state index contributed by atoms with van der Waals surface area (Å²) in [4.78, 5) is 10.1. The normalized spacial score (nSPS) is 12.5. The SMILES string of the molecule is NC(F)(F)NC(=O)NC(N)(F)F. The summed E-state index contributed by atoms with van der Waals surface area (Å²) >= 11 is 0. The van der Waals surface area contributed by atoms with Gasteiger partial charge in [0.25, 0.3) is 0 Å². The lowest BCUT2D eigenvalue weighted by atomic mass is 10.8. The van der Waals surface area contributed by atoms with Gasteiger partial charge in [-0.1, -0.05) is 0 Å². The number of nitrogens with one attached hydrogen (secondary N) is 2. The highest BCUT2D eigenvalue weighted by molar-refractivity contribution is 5.74. The van der Waals surface area contributed by atoms with E-state index in [0.29, 0.717) is 10.6 Å².